The second kappa shape index (κ2) is 70.1. The zero-order valence-corrected chi connectivity index (χ0v) is 67.6. The monoisotopic (exact) mass is 1470 g/mol. The molecule has 0 radical (unpaired) electrons. The van der Waals surface area contributed by atoms with E-state index in [0.29, 0.717) is 25.7 Å². The molecule has 0 aromatic carbocycles. The van der Waals surface area contributed by atoms with Crippen molar-refractivity contribution in [2.75, 3.05) is 39.6 Å². The SMILES string of the molecule is CCC(C)CCCCCCCCC(=O)OC[C@H](COP(=O)(O)OC[C@H](O)COP(=O)(O)OC[C@@H](COC(=O)CCCCCCCCCCCCCCCCCC(C)C)OC(=O)CCCCCCCCCCCCCCCCC(C)C)OC(=O)CCCCCCCCCCCCCCC(C)C. The molecule has 0 saturated carbocycles. The van der Waals surface area contributed by atoms with Gasteiger partial charge >= 0.3 is 39.5 Å². The highest BCUT2D eigenvalue weighted by Crippen LogP contribution is 2.45. The van der Waals surface area contributed by atoms with E-state index in [-0.39, 0.29) is 25.7 Å². The Bertz CT molecular complexity index is 1960. The lowest BCUT2D eigenvalue weighted by Crippen LogP contribution is -2.30. The molecule has 0 spiro atoms. The number of aliphatic hydroxyl groups excluding tert-OH is 1. The van der Waals surface area contributed by atoms with Crippen LogP contribution < -0.4 is 0 Å². The van der Waals surface area contributed by atoms with Crippen LogP contribution in [0.3, 0.4) is 0 Å². The van der Waals surface area contributed by atoms with Gasteiger partial charge in [-0.15, -0.1) is 0 Å². The van der Waals surface area contributed by atoms with Crippen LogP contribution in [0, 0.1) is 23.7 Å². The highest BCUT2D eigenvalue weighted by atomic mass is 31.2. The summed E-state index contributed by atoms with van der Waals surface area (Å²) in [5.74, 6) is 0.995. The average Bonchev–Trinajstić information content (AvgIpc) is 0.913. The Morgan fingerprint density at radius 1 is 0.280 bits per heavy atom. The zero-order chi connectivity index (χ0) is 73.8. The number of rotatable bonds is 78. The molecular weight excluding hydrogens is 1310 g/mol. The molecule has 0 rings (SSSR count). The predicted molar refractivity (Wildman–Crippen MR) is 409 cm³/mol. The summed E-state index contributed by atoms with van der Waals surface area (Å²) >= 11 is 0. The van der Waals surface area contributed by atoms with Gasteiger partial charge in [0.2, 0.25) is 0 Å². The van der Waals surface area contributed by atoms with Gasteiger partial charge < -0.3 is 33.8 Å². The Morgan fingerprint density at radius 3 is 0.710 bits per heavy atom. The Morgan fingerprint density at radius 2 is 0.480 bits per heavy atom. The summed E-state index contributed by atoms with van der Waals surface area (Å²) in [4.78, 5) is 73.0. The molecule has 100 heavy (non-hydrogen) atoms. The van der Waals surface area contributed by atoms with E-state index in [1.165, 1.54) is 212 Å². The lowest BCUT2D eigenvalue weighted by atomic mass is 10.00. The lowest BCUT2D eigenvalue weighted by Gasteiger charge is -2.21. The van der Waals surface area contributed by atoms with E-state index in [1.54, 1.807) is 0 Å². The van der Waals surface area contributed by atoms with Crippen molar-refractivity contribution in [2.45, 2.75) is 433 Å². The summed E-state index contributed by atoms with van der Waals surface area (Å²) in [7, 11) is -9.92. The number of phosphoric ester groups is 2. The molecular formula is C81H158O17P2. The molecule has 0 heterocycles. The fraction of sp³-hybridized carbons (Fsp3) is 0.951. The van der Waals surface area contributed by atoms with E-state index in [1.807, 2.05) is 0 Å². The maximum atomic E-state index is 13.1. The number of unbranched alkanes of at least 4 members (excludes halogenated alkanes) is 43. The van der Waals surface area contributed by atoms with Gasteiger partial charge in [-0.25, -0.2) is 9.13 Å². The minimum atomic E-state index is -4.96. The number of carbonyl (C=O) groups excluding carboxylic acids is 4. The molecule has 0 saturated heterocycles. The lowest BCUT2D eigenvalue weighted by molar-refractivity contribution is -0.161. The summed E-state index contributed by atoms with van der Waals surface area (Å²) < 4.78 is 68.7. The Labute approximate surface area is 613 Å². The number of carbonyl (C=O) groups is 4. The maximum absolute atomic E-state index is 13.1. The van der Waals surface area contributed by atoms with Crippen LogP contribution in [-0.4, -0.2) is 96.7 Å². The molecule has 3 N–H and O–H groups in total. The summed E-state index contributed by atoms with van der Waals surface area (Å²) in [6.07, 6.45) is 56.9. The third kappa shape index (κ3) is 73.0. The first-order valence-electron chi connectivity index (χ1n) is 41.7. The molecule has 0 aromatic rings. The normalized spacial score (nSPS) is 14.3. The van der Waals surface area contributed by atoms with E-state index in [4.69, 9.17) is 37.0 Å². The van der Waals surface area contributed by atoms with Gasteiger partial charge in [-0.3, -0.25) is 37.3 Å². The third-order valence-electron chi connectivity index (χ3n) is 19.2. The van der Waals surface area contributed by atoms with Gasteiger partial charge in [-0.2, -0.15) is 0 Å². The number of hydrogen-bond donors (Lipinski definition) is 3. The second-order valence-electron chi connectivity index (χ2n) is 30.8. The first-order valence-corrected chi connectivity index (χ1v) is 44.7. The van der Waals surface area contributed by atoms with Crippen LogP contribution in [0.2, 0.25) is 0 Å². The molecule has 0 aromatic heterocycles. The third-order valence-corrected chi connectivity index (χ3v) is 21.1. The summed E-state index contributed by atoms with van der Waals surface area (Å²) in [5.41, 5.74) is 0. The van der Waals surface area contributed by atoms with Crippen LogP contribution in [0.25, 0.3) is 0 Å². The molecule has 0 aliphatic carbocycles. The number of phosphoric acid groups is 2. The Kier molecular flexibility index (Phi) is 68.7. The number of ether oxygens (including phenoxy) is 4. The smallest absolute Gasteiger partial charge is 0.462 e. The van der Waals surface area contributed by atoms with Gasteiger partial charge in [0.15, 0.2) is 12.2 Å². The first kappa shape index (κ1) is 98.1. The molecule has 0 bridgehead atoms. The Hall–Kier alpha value is -1.94. The van der Waals surface area contributed by atoms with Crippen molar-refractivity contribution in [1.82, 2.24) is 0 Å². The van der Waals surface area contributed by atoms with Crippen LogP contribution in [0.15, 0.2) is 0 Å². The minimum absolute atomic E-state index is 0.106. The highest BCUT2D eigenvalue weighted by Gasteiger charge is 2.30. The topological polar surface area (TPSA) is 237 Å². The highest BCUT2D eigenvalue weighted by molar-refractivity contribution is 7.47. The van der Waals surface area contributed by atoms with E-state index < -0.39 is 97.5 Å². The number of hydrogen-bond acceptors (Lipinski definition) is 15. The van der Waals surface area contributed by atoms with Crippen LogP contribution in [0.4, 0.5) is 0 Å². The number of esters is 4. The fourth-order valence-electron chi connectivity index (χ4n) is 12.4. The van der Waals surface area contributed by atoms with Crippen molar-refractivity contribution in [2.24, 2.45) is 23.7 Å². The summed E-state index contributed by atoms with van der Waals surface area (Å²) in [5, 5.41) is 10.6. The van der Waals surface area contributed by atoms with Gasteiger partial charge in [0.1, 0.15) is 19.3 Å². The van der Waals surface area contributed by atoms with Gasteiger partial charge in [0.05, 0.1) is 26.4 Å². The molecule has 6 atom stereocenters. The van der Waals surface area contributed by atoms with E-state index in [9.17, 15) is 43.2 Å². The Balaban J connectivity index is 5.25. The van der Waals surface area contributed by atoms with Crippen molar-refractivity contribution < 1.29 is 80.2 Å². The quantitative estimate of drug-likeness (QED) is 0.0222. The molecule has 594 valence electrons. The molecule has 3 unspecified atom stereocenters. The van der Waals surface area contributed by atoms with Gasteiger partial charge in [-0.1, -0.05) is 364 Å². The molecule has 0 aliphatic rings. The molecule has 17 nitrogen and oxygen atoms in total. The largest absolute Gasteiger partial charge is 0.472 e. The maximum Gasteiger partial charge on any atom is 0.472 e. The van der Waals surface area contributed by atoms with E-state index >= 15 is 0 Å². The second-order valence-corrected chi connectivity index (χ2v) is 33.7. The molecule has 0 amide bonds. The van der Waals surface area contributed by atoms with Crippen molar-refractivity contribution in [3.05, 3.63) is 0 Å². The van der Waals surface area contributed by atoms with Crippen molar-refractivity contribution in [1.29, 1.82) is 0 Å². The molecule has 0 fully saturated rings. The van der Waals surface area contributed by atoms with Gasteiger partial charge in [-0.05, 0) is 49.4 Å². The fourth-order valence-corrected chi connectivity index (χ4v) is 14.0. The first-order chi connectivity index (χ1) is 48.1. The minimum Gasteiger partial charge on any atom is -0.462 e. The van der Waals surface area contributed by atoms with Crippen LogP contribution in [0.5, 0.6) is 0 Å². The average molecular weight is 1470 g/mol. The standard InChI is InChI=1S/C81H158O17P2/c1-9-74(8)60-52-44-39-40-46-54-62-79(84)92-68-77(98-81(86)64-56-48-38-32-26-20-19-23-29-35-43-51-59-73(6)7)70-96-100(89,90)94-66-75(82)65-93-99(87,88)95-69-76(97-80(85)63-55-47-37-31-25-18-14-13-16-22-28-34-42-50-58-72(4)5)67-91-78(83)61-53-45-36-30-24-17-12-10-11-15-21-27-33-41-49-57-71(2)3/h71-77,82H,9-70H2,1-8H3,(H,87,88)(H,89,90)/t74?,75-,76-,77-/m1/s1. The summed E-state index contributed by atoms with van der Waals surface area (Å²) in [6, 6.07) is 0. The van der Waals surface area contributed by atoms with E-state index in [2.05, 4.69) is 55.4 Å². The molecule has 0 aliphatic heterocycles. The number of aliphatic hydroxyl groups is 1. The summed E-state index contributed by atoms with van der Waals surface area (Å²) in [6.45, 7) is 14.3. The zero-order valence-electron chi connectivity index (χ0n) is 65.8. The van der Waals surface area contributed by atoms with Crippen molar-refractivity contribution in [3.8, 4) is 0 Å². The predicted octanol–water partition coefficient (Wildman–Crippen LogP) is 24.0. The van der Waals surface area contributed by atoms with Gasteiger partial charge in [0.25, 0.3) is 0 Å². The molecule has 19 heteroatoms. The van der Waals surface area contributed by atoms with E-state index in [0.717, 1.165) is 120 Å². The van der Waals surface area contributed by atoms with Crippen LogP contribution in [0.1, 0.15) is 415 Å². The van der Waals surface area contributed by atoms with Gasteiger partial charge in [0, 0.05) is 25.7 Å². The van der Waals surface area contributed by atoms with Crippen LogP contribution >= 0.6 is 15.6 Å². The van der Waals surface area contributed by atoms with Crippen LogP contribution in [-0.2, 0) is 65.4 Å². The van der Waals surface area contributed by atoms with Crippen molar-refractivity contribution >= 4 is 39.5 Å². The van der Waals surface area contributed by atoms with Crippen molar-refractivity contribution in [3.63, 3.8) is 0 Å².